The molecule has 3 unspecified atom stereocenters. The van der Waals surface area contributed by atoms with E-state index < -0.39 is 0 Å². The third-order valence-electron chi connectivity index (χ3n) is 11.7. The van der Waals surface area contributed by atoms with E-state index in [1.54, 1.807) is 0 Å². The number of fused-ring (bicyclic) bond motifs is 5. The van der Waals surface area contributed by atoms with E-state index in [2.05, 4.69) is 185 Å². The van der Waals surface area contributed by atoms with E-state index in [0.29, 0.717) is 0 Å². The van der Waals surface area contributed by atoms with Crippen LogP contribution in [-0.4, -0.2) is 4.57 Å². The summed E-state index contributed by atoms with van der Waals surface area (Å²) in [5.74, 6) is 2.64. The Kier molecular flexibility index (Phi) is 7.34. The maximum absolute atomic E-state index is 2.40. The average Bonchev–Trinajstić information content (AvgIpc) is 3.93. The molecule has 0 aliphatic heterocycles. The monoisotopic (exact) mass is 656 g/mol. The van der Waals surface area contributed by atoms with Crippen molar-refractivity contribution in [2.24, 2.45) is 11.8 Å². The van der Waals surface area contributed by atoms with Gasteiger partial charge in [0.05, 0.1) is 11.0 Å². The van der Waals surface area contributed by atoms with Crippen LogP contribution < -0.4 is 4.90 Å². The number of benzene rings is 7. The zero-order valence-corrected chi connectivity index (χ0v) is 28.7. The van der Waals surface area contributed by atoms with E-state index >= 15 is 0 Å². The van der Waals surface area contributed by atoms with Gasteiger partial charge in [-0.1, -0.05) is 122 Å². The van der Waals surface area contributed by atoms with Crippen molar-refractivity contribution in [2.45, 2.75) is 31.6 Å². The first-order valence-electron chi connectivity index (χ1n) is 18.5. The van der Waals surface area contributed by atoms with Gasteiger partial charge in [-0.15, -0.1) is 0 Å². The number of aromatic nitrogens is 1. The van der Waals surface area contributed by atoms with Crippen molar-refractivity contribution in [1.82, 2.24) is 4.57 Å². The van der Waals surface area contributed by atoms with E-state index in [-0.39, 0.29) is 0 Å². The normalized spacial score (nSPS) is 18.1. The van der Waals surface area contributed by atoms with E-state index in [4.69, 9.17) is 0 Å². The standard InChI is InChI=1S/C49H40N2/c1-3-9-35(10-4-1)37-21-25-42(26-22-37)50(43-27-23-38(24-28-43)36-17-19-39(20-18-36)46-32-34-15-16-40(46)31-34)44-29-30-49-47(33-44)45-13-7-8-14-48(45)51(49)41-11-5-2-6-12-41/h1-14,17-30,33-34,40,46H,15-16,31-32H2. The van der Waals surface area contributed by atoms with Crippen LogP contribution in [0.3, 0.4) is 0 Å². The van der Waals surface area contributed by atoms with Crippen LogP contribution in [0.25, 0.3) is 49.7 Å². The Hall–Kier alpha value is -5.86. The third kappa shape index (κ3) is 5.34. The Morgan fingerprint density at radius 3 is 1.61 bits per heavy atom. The van der Waals surface area contributed by atoms with Crippen molar-refractivity contribution in [1.29, 1.82) is 0 Å². The topological polar surface area (TPSA) is 8.17 Å². The summed E-state index contributed by atoms with van der Waals surface area (Å²) < 4.78 is 2.38. The molecule has 2 bridgehead atoms. The van der Waals surface area contributed by atoms with Crippen LogP contribution in [0.1, 0.15) is 37.2 Å². The van der Waals surface area contributed by atoms with Crippen LogP contribution in [0.15, 0.2) is 176 Å². The summed E-state index contributed by atoms with van der Waals surface area (Å²) in [7, 11) is 0. The van der Waals surface area contributed by atoms with Crippen LogP contribution in [0.4, 0.5) is 17.1 Å². The van der Waals surface area contributed by atoms with Crippen molar-refractivity contribution >= 4 is 38.9 Å². The van der Waals surface area contributed by atoms with Gasteiger partial charge in [-0.05, 0) is 125 Å². The molecule has 2 nitrogen and oxygen atoms in total. The Morgan fingerprint density at radius 1 is 0.431 bits per heavy atom. The van der Waals surface area contributed by atoms with E-state index in [1.807, 2.05) is 0 Å². The summed E-state index contributed by atoms with van der Waals surface area (Å²) in [5, 5.41) is 2.49. The van der Waals surface area contributed by atoms with Gasteiger partial charge in [0.2, 0.25) is 0 Å². The molecule has 2 aliphatic carbocycles. The Bertz CT molecular complexity index is 2460. The Balaban J connectivity index is 1.05. The molecule has 1 aromatic heterocycles. The highest BCUT2D eigenvalue weighted by molar-refractivity contribution is 6.10. The van der Waals surface area contributed by atoms with Gasteiger partial charge in [0.25, 0.3) is 0 Å². The first kappa shape index (κ1) is 30.0. The summed E-state index contributed by atoms with van der Waals surface area (Å²) in [6, 6.07) is 64.6. The van der Waals surface area contributed by atoms with Crippen LogP contribution >= 0.6 is 0 Å². The second kappa shape index (κ2) is 12.5. The van der Waals surface area contributed by atoms with Crippen LogP contribution in [0.5, 0.6) is 0 Å². The van der Waals surface area contributed by atoms with Crippen molar-refractivity contribution in [3.05, 3.63) is 181 Å². The quantitative estimate of drug-likeness (QED) is 0.166. The smallest absolute Gasteiger partial charge is 0.0542 e. The van der Waals surface area contributed by atoms with Crippen molar-refractivity contribution in [3.63, 3.8) is 0 Å². The van der Waals surface area contributed by atoms with Crippen LogP contribution in [0.2, 0.25) is 0 Å². The number of hydrogen-bond acceptors (Lipinski definition) is 1. The molecule has 10 rings (SSSR count). The SMILES string of the molecule is c1ccc(-c2ccc(N(c3ccc(-c4ccc(C5CC6CCC5C6)cc4)cc3)c3ccc4c(c3)c3ccccc3n4-c3ccccc3)cc2)cc1. The third-order valence-corrected chi connectivity index (χ3v) is 11.7. The highest BCUT2D eigenvalue weighted by Crippen LogP contribution is 2.53. The molecule has 2 saturated carbocycles. The van der Waals surface area contributed by atoms with Crippen LogP contribution in [0, 0.1) is 11.8 Å². The molecule has 0 spiro atoms. The van der Waals surface area contributed by atoms with Gasteiger partial charge in [-0.25, -0.2) is 0 Å². The Morgan fingerprint density at radius 2 is 0.980 bits per heavy atom. The predicted octanol–water partition coefficient (Wildman–Crippen LogP) is 13.5. The van der Waals surface area contributed by atoms with Gasteiger partial charge < -0.3 is 9.47 Å². The lowest BCUT2D eigenvalue weighted by molar-refractivity contribution is 0.420. The summed E-state index contributed by atoms with van der Waals surface area (Å²) in [6.45, 7) is 0. The molecule has 2 aliphatic rings. The van der Waals surface area contributed by atoms with Crippen molar-refractivity contribution < 1.29 is 0 Å². The molecule has 2 heteroatoms. The maximum Gasteiger partial charge on any atom is 0.0542 e. The van der Waals surface area contributed by atoms with Gasteiger partial charge in [-0.2, -0.15) is 0 Å². The van der Waals surface area contributed by atoms with E-state index in [1.165, 1.54) is 81.0 Å². The first-order chi connectivity index (χ1) is 25.3. The largest absolute Gasteiger partial charge is 0.310 e. The number of para-hydroxylation sites is 2. The molecule has 246 valence electrons. The first-order valence-corrected chi connectivity index (χ1v) is 18.5. The summed E-state index contributed by atoms with van der Waals surface area (Å²) in [5.41, 5.74) is 13.5. The molecule has 0 N–H and O–H groups in total. The number of nitrogens with zero attached hydrogens (tertiary/aromatic N) is 2. The van der Waals surface area contributed by atoms with Gasteiger partial charge >= 0.3 is 0 Å². The summed E-state index contributed by atoms with van der Waals surface area (Å²) in [6.07, 6.45) is 5.71. The van der Waals surface area contributed by atoms with Crippen LogP contribution in [-0.2, 0) is 0 Å². The summed E-state index contributed by atoms with van der Waals surface area (Å²) in [4.78, 5) is 2.39. The number of anilines is 3. The fourth-order valence-electron chi connectivity index (χ4n) is 9.21. The lowest BCUT2D eigenvalue weighted by Crippen LogP contribution is -2.10. The number of hydrogen-bond donors (Lipinski definition) is 0. The van der Waals surface area contributed by atoms with Gasteiger partial charge in [0, 0.05) is 33.5 Å². The molecule has 51 heavy (non-hydrogen) atoms. The molecule has 8 aromatic rings. The highest BCUT2D eigenvalue weighted by Gasteiger charge is 2.40. The molecule has 1 heterocycles. The van der Waals surface area contributed by atoms with E-state index in [0.717, 1.165) is 34.8 Å². The second-order valence-electron chi connectivity index (χ2n) is 14.6. The molecule has 2 fully saturated rings. The summed E-state index contributed by atoms with van der Waals surface area (Å²) >= 11 is 0. The van der Waals surface area contributed by atoms with E-state index in [9.17, 15) is 0 Å². The van der Waals surface area contributed by atoms with Crippen molar-refractivity contribution in [2.75, 3.05) is 4.90 Å². The molecule has 0 amide bonds. The minimum absolute atomic E-state index is 0.765. The lowest BCUT2D eigenvalue weighted by atomic mass is 9.83. The molecular formula is C49H40N2. The zero-order chi connectivity index (χ0) is 33.7. The Labute approximate surface area is 300 Å². The van der Waals surface area contributed by atoms with Gasteiger partial charge in [0.1, 0.15) is 0 Å². The fraction of sp³-hybridized carbons (Fsp3) is 0.143. The highest BCUT2D eigenvalue weighted by atomic mass is 15.1. The van der Waals surface area contributed by atoms with Gasteiger partial charge in [-0.3, -0.25) is 0 Å². The molecule has 0 radical (unpaired) electrons. The average molecular weight is 657 g/mol. The minimum Gasteiger partial charge on any atom is -0.310 e. The fourth-order valence-corrected chi connectivity index (χ4v) is 9.21. The molecule has 3 atom stereocenters. The second-order valence-corrected chi connectivity index (χ2v) is 14.6. The molecule has 7 aromatic carbocycles. The molecular weight excluding hydrogens is 617 g/mol. The predicted molar refractivity (Wildman–Crippen MR) is 215 cm³/mol. The minimum atomic E-state index is 0.765. The number of rotatable bonds is 7. The zero-order valence-electron chi connectivity index (χ0n) is 28.7. The molecule has 0 saturated heterocycles. The van der Waals surface area contributed by atoms with Gasteiger partial charge in [0.15, 0.2) is 0 Å². The lowest BCUT2D eigenvalue weighted by Gasteiger charge is -2.26. The van der Waals surface area contributed by atoms with Crippen molar-refractivity contribution in [3.8, 4) is 27.9 Å². The maximum atomic E-state index is 2.40.